The van der Waals surface area contributed by atoms with Gasteiger partial charge in [0, 0.05) is 15.7 Å². The zero-order valence-electron chi connectivity index (χ0n) is 20.8. The van der Waals surface area contributed by atoms with Gasteiger partial charge in [0.15, 0.2) is 6.61 Å². The number of carboxylic acids is 1. The van der Waals surface area contributed by atoms with Gasteiger partial charge in [0.2, 0.25) is 0 Å². The molecule has 0 saturated heterocycles. The number of aryl methyl sites for hydroxylation is 1. The summed E-state index contributed by atoms with van der Waals surface area (Å²) in [4.78, 5) is 11.8. The highest BCUT2D eigenvalue weighted by Crippen LogP contribution is 2.33. The highest BCUT2D eigenvalue weighted by atomic mass is 35.5. The van der Waals surface area contributed by atoms with Gasteiger partial charge < -0.3 is 9.84 Å². The Labute approximate surface area is 233 Å². The predicted octanol–water partition coefficient (Wildman–Crippen LogP) is 9.02. The van der Waals surface area contributed by atoms with Crippen LogP contribution in [0, 0.1) is 6.92 Å². The molecule has 0 spiro atoms. The fraction of sp³-hybridized carbons (Fsp3) is 0.129. The number of hydrogen-bond acceptors (Lipinski definition) is 3. The third-order valence-corrected chi connectivity index (χ3v) is 7.10. The molecule has 8 heteroatoms. The molecule has 4 aromatic carbocycles. The number of alkyl halides is 3. The molecular formula is C31H24ClF3O3S. The van der Waals surface area contributed by atoms with Gasteiger partial charge in [0.25, 0.3) is 0 Å². The van der Waals surface area contributed by atoms with E-state index in [-0.39, 0.29) is 0 Å². The van der Waals surface area contributed by atoms with Crippen LogP contribution >= 0.6 is 23.4 Å². The number of benzene rings is 4. The average molecular weight is 569 g/mol. The van der Waals surface area contributed by atoms with E-state index in [9.17, 15) is 18.0 Å². The Bertz CT molecular complexity index is 1460. The molecule has 0 heterocycles. The number of hydrogen-bond donors (Lipinski definition) is 1. The standard InChI is InChI=1S/C31H24ClF3O3S/c1-20-18-27(14-15-29(20)38-19-30(36)37)39-17-16-28(24-8-12-26(32)13-9-24)23-4-2-21(3-5-23)22-6-10-25(11-7-22)31(33,34)35/h2-16,18H,17,19H2,1H3,(H,36,37)/b28-16+. The fourth-order valence-electron chi connectivity index (χ4n) is 3.96. The molecule has 4 aromatic rings. The summed E-state index contributed by atoms with van der Waals surface area (Å²) in [6, 6.07) is 26.0. The van der Waals surface area contributed by atoms with Crippen molar-refractivity contribution in [2.75, 3.05) is 12.4 Å². The Morgan fingerprint density at radius 2 is 1.46 bits per heavy atom. The summed E-state index contributed by atoms with van der Waals surface area (Å²) in [6.07, 6.45) is -2.25. The first kappa shape index (κ1) is 28.3. The van der Waals surface area contributed by atoms with Crippen molar-refractivity contribution in [1.82, 2.24) is 0 Å². The summed E-state index contributed by atoms with van der Waals surface area (Å²) in [5, 5.41) is 9.45. The smallest absolute Gasteiger partial charge is 0.416 e. The highest BCUT2D eigenvalue weighted by Gasteiger charge is 2.29. The summed E-state index contributed by atoms with van der Waals surface area (Å²) in [6.45, 7) is 1.48. The maximum absolute atomic E-state index is 12.9. The van der Waals surface area contributed by atoms with E-state index in [0.717, 1.165) is 44.9 Å². The van der Waals surface area contributed by atoms with Gasteiger partial charge in [-0.15, -0.1) is 11.8 Å². The quantitative estimate of drug-likeness (QED) is 0.205. The molecule has 0 unspecified atom stereocenters. The summed E-state index contributed by atoms with van der Waals surface area (Å²) >= 11 is 7.73. The van der Waals surface area contributed by atoms with Crippen LogP contribution in [0.1, 0.15) is 22.3 Å². The van der Waals surface area contributed by atoms with Crippen LogP contribution in [0.25, 0.3) is 16.7 Å². The molecule has 39 heavy (non-hydrogen) atoms. The first-order valence-electron chi connectivity index (χ1n) is 11.9. The molecule has 0 saturated carbocycles. The summed E-state index contributed by atoms with van der Waals surface area (Å²) in [7, 11) is 0. The van der Waals surface area contributed by atoms with Crippen molar-refractivity contribution < 1.29 is 27.8 Å². The van der Waals surface area contributed by atoms with Gasteiger partial charge in [0.1, 0.15) is 5.75 Å². The summed E-state index contributed by atoms with van der Waals surface area (Å²) in [5.74, 6) is 0.167. The van der Waals surface area contributed by atoms with E-state index in [0.29, 0.717) is 22.1 Å². The molecule has 200 valence electrons. The first-order valence-corrected chi connectivity index (χ1v) is 13.3. The molecule has 0 atom stereocenters. The van der Waals surface area contributed by atoms with Gasteiger partial charge in [-0.05, 0) is 82.8 Å². The zero-order chi connectivity index (χ0) is 28.0. The average Bonchev–Trinajstić information content (AvgIpc) is 2.91. The van der Waals surface area contributed by atoms with Crippen molar-refractivity contribution in [3.05, 3.63) is 124 Å². The Balaban J connectivity index is 1.54. The van der Waals surface area contributed by atoms with Gasteiger partial charge in [0.05, 0.1) is 5.56 Å². The molecule has 1 N–H and O–H groups in total. The van der Waals surface area contributed by atoms with Crippen molar-refractivity contribution in [2.24, 2.45) is 0 Å². The molecule has 0 aliphatic rings. The normalized spacial score (nSPS) is 11.9. The van der Waals surface area contributed by atoms with E-state index < -0.39 is 24.3 Å². The maximum atomic E-state index is 12.9. The fourth-order valence-corrected chi connectivity index (χ4v) is 4.95. The number of carbonyl (C=O) groups is 1. The lowest BCUT2D eigenvalue weighted by molar-refractivity contribution is -0.139. The molecule has 3 nitrogen and oxygen atoms in total. The second kappa shape index (κ2) is 12.5. The number of rotatable bonds is 9. The van der Waals surface area contributed by atoms with Crippen molar-refractivity contribution in [2.45, 2.75) is 18.0 Å². The van der Waals surface area contributed by atoms with Crippen LogP contribution in [-0.2, 0) is 11.0 Å². The Kier molecular flexibility index (Phi) is 9.04. The Morgan fingerprint density at radius 1 is 0.897 bits per heavy atom. The third kappa shape index (κ3) is 7.68. The van der Waals surface area contributed by atoms with Crippen molar-refractivity contribution in [3.63, 3.8) is 0 Å². The van der Waals surface area contributed by atoms with Crippen molar-refractivity contribution in [1.29, 1.82) is 0 Å². The minimum atomic E-state index is -4.37. The van der Waals surface area contributed by atoms with Gasteiger partial charge >= 0.3 is 12.1 Å². The lowest BCUT2D eigenvalue weighted by Crippen LogP contribution is -2.09. The summed E-state index contributed by atoms with van der Waals surface area (Å²) in [5.41, 5.74) is 4.63. The highest BCUT2D eigenvalue weighted by molar-refractivity contribution is 7.99. The molecular weight excluding hydrogens is 545 g/mol. The second-order valence-electron chi connectivity index (χ2n) is 8.70. The van der Waals surface area contributed by atoms with Crippen molar-refractivity contribution >= 4 is 34.9 Å². The molecule has 0 fully saturated rings. The number of halogens is 4. The molecule has 0 aliphatic carbocycles. The SMILES string of the molecule is Cc1cc(SC/C=C(/c2ccc(Cl)cc2)c2ccc(-c3ccc(C(F)(F)F)cc3)cc2)ccc1OCC(=O)O. The van der Waals surface area contributed by atoms with Crippen LogP contribution < -0.4 is 4.74 Å². The van der Waals surface area contributed by atoms with Crippen LogP contribution in [0.4, 0.5) is 13.2 Å². The van der Waals surface area contributed by atoms with Crippen LogP contribution in [-0.4, -0.2) is 23.4 Å². The lowest BCUT2D eigenvalue weighted by Gasteiger charge is -2.12. The minimum absolute atomic E-state index is 0.391. The minimum Gasteiger partial charge on any atom is -0.482 e. The van der Waals surface area contributed by atoms with Crippen LogP contribution in [0.3, 0.4) is 0 Å². The molecule has 0 amide bonds. The topological polar surface area (TPSA) is 46.5 Å². The molecule has 0 bridgehead atoms. The van der Waals surface area contributed by atoms with Gasteiger partial charge in [-0.3, -0.25) is 0 Å². The Morgan fingerprint density at radius 3 is 2.00 bits per heavy atom. The van der Waals surface area contributed by atoms with E-state index in [1.807, 2.05) is 67.6 Å². The van der Waals surface area contributed by atoms with Crippen LogP contribution in [0.5, 0.6) is 5.75 Å². The molecule has 0 aliphatic heterocycles. The number of carboxylic acid groups (broad SMARTS) is 1. The number of ether oxygens (including phenoxy) is 1. The molecule has 0 radical (unpaired) electrons. The van der Waals surface area contributed by atoms with Crippen molar-refractivity contribution in [3.8, 4) is 16.9 Å². The van der Waals surface area contributed by atoms with E-state index >= 15 is 0 Å². The number of thioether (sulfide) groups is 1. The van der Waals surface area contributed by atoms with Crippen LogP contribution in [0.15, 0.2) is 102 Å². The monoisotopic (exact) mass is 568 g/mol. The first-order chi connectivity index (χ1) is 18.6. The van der Waals surface area contributed by atoms with Crippen LogP contribution in [0.2, 0.25) is 5.02 Å². The maximum Gasteiger partial charge on any atom is 0.416 e. The lowest BCUT2D eigenvalue weighted by atomic mass is 9.95. The van der Waals surface area contributed by atoms with Gasteiger partial charge in [-0.1, -0.05) is 66.2 Å². The van der Waals surface area contributed by atoms with E-state index in [1.165, 1.54) is 12.1 Å². The van der Waals surface area contributed by atoms with Gasteiger partial charge in [-0.2, -0.15) is 13.2 Å². The van der Waals surface area contributed by atoms with E-state index in [2.05, 4.69) is 6.08 Å². The summed E-state index contributed by atoms with van der Waals surface area (Å²) < 4.78 is 44.0. The van der Waals surface area contributed by atoms with E-state index in [4.69, 9.17) is 21.4 Å². The van der Waals surface area contributed by atoms with Gasteiger partial charge in [-0.25, -0.2) is 4.79 Å². The number of aliphatic carboxylic acids is 1. The van der Waals surface area contributed by atoms with E-state index in [1.54, 1.807) is 17.8 Å². The molecule has 0 aromatic heterocycles. The zero-order valence-corrected chi connectivity index (χ0v) is 22.4. The third-order valence-electron chi connectivity index (χ3n) is 5.93. The molecule has 4 rings (SSSR count). The Hall–Kier alpha value is -3.68. The predicted molar refractivity (Wildman–Crippen MR) is 150 cm³/mol. The largest absolute Gasteiger partial charge is 0.482 e. The second-order valence-corrected chi connectivity index (χ2v) is 10.2.